The number of pyridine rings is 1. The summed E-state index contributed by atoms with van der Waals surface area (Å²) in [6.45, 7) is 10.3. The number of nitriles is 1. The molecular formula is C26H30F3N7O4S. The molecule has 0 aliphatic carbocycles. The van der Waals surface area contributed by atoms with Crippen LogP contribution in [0.2, 0.25) is 0 Å². The number of carbonyl (C=O) groups is 1. The zero-order valence-corrected chi connectivity index (χ0v) is 24.0. The van der Waals surface area contributed by atoms with Gasteiger partial charge < -0.3 is 19.4 Å². The summed E-state index contributed by atoms with van der Waals surface area (Å²) in [7, 11) is -3.48. The van der Waals surface area contributed by atoms with Crippen LogP contribution >= 0.6 is 0 Å². The molecule has 1 amide bonds. The van der Waals surface area contributed by atoms with Gasteiger partial charge in [0.2, 0.25) is 5.91 Å². The van der Waals surface area contributed by atoms with Gasteiger partial charge in [-0.1, -0.05) is 13.8 Å². The van der Waals surface area contributed by atoms with E-state index >= 15 is 0 Å². The molecule has 0 unspecified atom stereocenters. The number of amides is 1. The second-order valence-electron chi connectivity index (χ2n) is 11.7. The van der Waals surface area contributed by atoms with E-state index in [4.69, 9.17) is 0 Å². The van der Waals surface area contributed by atoms with Crippen LogP contribution in [-0.4, -0.2) is 82.8 Å². The van der Waals surface area contributed by atoms with E-state index in [0.717, 1.165) is 11.6 Å². The summed E-state index contributed by atoms with van der Waals surface area (Å²) in [6.07, 6.45) is -2.01. The van der Waals surface area contributed by atoms with Crippen LogP contribution in [0.3, 0.4) is 0 Å². The van der Waals surface area contributed by atoms with Gasteiger partial charge in [-0.05, 0) is 27.2 Å². The highest BCUT2D eigenvalue weighted by molar-refractivity contribution is 7.95. The number of piperazine rings is 1. The molecule has 0 spiro atoms. The Hall–Kier alpha value is -3.67. The lowest BCUT2D eigenvalue weighted by Crippen LogP contribution is -2.66. The molecule has 0 N–H and O–H groups in total. The third-order valence-electron chi connectivity index (χ3n) is 8.28. The van der Waals surface area contributed by atoms with Gasteiger partial charge in [-0.3, -0.25) is 4.79 Å². The topological polar surface area (TPSA) is 133 Å². The monoisotopic (exact) mass is 593 g/mol. The average molecular weight is 594 g/mol. The maximum Gasteiger partial charge on any atom is 0.573 e. The summed E-state index contributed by atoms with van der Waals surface area (Å²) in [5.74, 6) is 0.0348. The van der Waals surface area contributed by atoms with Crippen molar-refractivity contribution in [3.63, 3.8) is 0 Å². The molecule has 220 valence electrons. The highest BCUT2D eigenvalue weighted by atomic mass is 32.2. The maximum atomic E-state index is 13.4. The molecule has 0 saturated carbocycles. The molecular weight excluding hydrogens is 563 g/mol. The molecule has 41 heavy (non-hydrogen) atoms. The van der Waals surface area contributed by atoms with Gasteiger partial charge in [-0.25, -0.2) is 23.4 Å². The SMILES string of the molecule is C[C@@H]1CN(c2ncnc3c2C(C)(C)CN3c2cnc(C#N)c(OC(F)(F)F)c2)[C@@H](C)CN1C(=O)[C@@]1(C)CCS1(=O)=O. The van der Waals surface area contributed by atoms with Crippen molar-refractivity contribution in [3.8, 4) is 11.8 Å². The van der Waals surface area contributed by atoms with Crippen LogP contribution in [0.25, 0.3) is 0 Å². The summed E-state index contributed by atoms with van der Waals surface area (Å²) < 4.78 is 66.5. The molecule has 3 aliphatic heterocycles. The summed E-state index contributed by atoms with van der Waals surface area (Å²) in [4.78, 5) is 31.7. The van der Waals surface area contributed by atoms with Gasteiger partial charge in [0.15, 0.2) is 21.3 Å². The van der Waals surface area contributed by atoms with Crippen molar-refractivity contribution < 1.29 is 31.1 Å². The molecule has 0 bridgehead atoms. The Morgan fingerprint density at radius 2 is 1.80 bits per heavy atom. The highest BCUT2D eigenvalue weighted by Crippen LogP contribution is 2.48. The molecule has 2 fully saturated rings. The summed E-state index contributed by atoms with van der Waals surface area (Å²) in [6, 6.07) is 2.22. The number of hydrogen-bond acceptors (Lipinski definition) is 10. The summed E-state index contributed by atoms with van der Waals surface area (Å²) in [5.41, 5.74) is 0.00213. The molecule has 3 aliphatic rings. The van der Waals surface area contributed by atoms with E-state index in [2.05, 4.69) is 24.6 Å². The fourth-order valence-corrected chi connectivity index (χ4v) is 7.38. The first-order chi connectivity index (χ1) is 19.0. The van der Waals surface area contributed by atoms with Crippen LogP contribution in [0.5, 0.6) is 5.75 Å². The van der Waals surface area contributed by atoms with E-state index in [9.17, 15) is 31.6 Å². The molecule has 0 aromatic carbocycles. The second-order valence-corrected chi connectivity index (χ2v) is 14.2. The fraction of sp³-hybridized carbons (Fsp3) is 0.577. The van der Waals surface area contributed by atoms with Crippen molar-refractivity contribution in [2.45, 2.75) is 69.6 Å². The van der Waals surface area contributed by atoms with Crippen LogP contribution in [-0.2, 0) is 20.0 Å². The standard InChI is InChI=1S/C26H30F3N7O4S/c1-15-12-35(23(37)25(5)6-7-41(25,38)39)16(2)11-34(15)21-20-22(33-14-32-21)36(13-24(20,3)4)17-8-19(40-26(27,28)29)18(9-30)31-10-17/h8,10,14-16H,6-7,11-13H2,1-5H3/t15-,16+,25+/m0/s1. The first-order valence-electron chi connectivity index (χ1n) is 13.1. The van der Waals surface area contributed by atoms with Crippen molar-refractivity contribution in [2.75, 3.05) is 35.2 Å². The van der Waals surface area contributed by atoms with Gasteiger partial charge in [0.1, 0.15) is 28.8 Å². The van der Waals surface area contributed by atoms with E-state index in [1.54, 1.807) is 15.9 Å². The predicted octanol–water partition coefficient (Wildman–Crippen LogP) is 3.07. The quantitative estimate of drug-likeness (QED) is 0.521. The van der Waals surface area contributed by atoms with Gasteiger partial charge >= 0.3 is 6.36 Å². The van der Waals surface area contributed by atoms with Crippen molar-refractivity contribution in [1.82, 2.24) is 19.9 Å². The number of nitrogens with zero attached hydrogens (tertiary/aromatic N) is 7. The van der Waals surface area contributed by atoms with Crippen LogP contribution < -0.4 is 14.5 Å². The van der Waals surface area contributed by atoms with E-state index in [1.807, 2.05) is 27.7 Å². The number of aromatic nitrogens is 3. The average Bonchev–Trinajstić information content (AvgIpc) is 3.18. The maximum absolute atomic E-state index is 13.4. The van der Waals surface area contributed by atoms with Crippen LogP contribution in [0.15, 0.2) is 18.6 Å². The molecule has 3 atom stereocenters. The number of rotatable bonds is 4. The number of alkyl halides is 3. The van der Waals surface area contributed by atoms with Gasteiger partial charge in [0, 0.05) is 48.8 Å². The molecule has 2 saturated heterocycles. The van der Waals surface area contributed by atoms with E-state index < -0.39 is 37.8 Å². The molecule has 5 heterocycles. The van der Waals surface area contributed by atoms with Gasteiger partial charge in [0.25, 0.3) is 0 Å². The highest BCUT2D eigenvalue weighted by Gasteiger charge is 2.57. The third kappa shape index (κ3) is 4.71. The Balaban J connectivity index is 1.48. The fourth-order valence-electron chi connectivity index (χ4n) is 5.85. The van der Waals surface area contributed by atoms with Gasteiger partial charge in [0.05, 0.1) is 17.6 Å². The molecule has 2 aromatic heterocycles. The number of ether oxygens (including phenoxy) is 1. The Morgan fingerprint density at radius 3 is 2.39 bits per heavy atom. The van der Waals surface area contributed by atoms with Gasteiger partial charge in [-0.2, -0.15) is 5.26 Å². The number of fused-ring (bicyclic) bond motifs is 1. The van der Waals surface area contributed by atoms with E-state index in [-0.39, 0.29) is 29.4 Å². The number of halogens is 3. The minimum absolute atomic E-state index is 0.0103. The number of sulfone groups is 1. The molecule has 5 rings (SSSR count). The van der Waals surface area contributed by atoms with Crippen molar-refractivity contribution in [3.05, 3.63) is 29.8 Å². The van der Waals surface area contributed by atoms with Crippen molar-refractivity contribution in [1.29, 1.82) is 5.26 Å². The van der Waals surface area contributed by atoms with Gasteiger partial charge in [-0.15, -0.1) is 13.2 Å². The minimum Gasteiger partial charge on any atom is -0.403 e. The minimum atomic E-state index is -5.00. The summed E-state index contributed by atoms with van der Waals surface area (Å²) in [5, 5.41) is 9.23. The van der Waals surface area contributed by atoms with E-state index in [0.29, 0.717) is 37.7 Å². The largest absolute Gasteiger partial charge is 0.573 e. The Labute approximate surface area is 235 Å². The smallest absolute Gasteiger partial charge is 0.403 e. The van der Waals surface area contributed by atoms with Crippen LogP contribution in [0.1, 0.15) is 52.3 Å². The van der Waals surface area contributed by atoms with Crippen LogP contribution in [0.4, 0.5) is 30.5 Å². The van der Waals surface area contributed by atoms with Crippen LogP contribution in [0, 0.1) is 11.3 Å². The zero-order chi connectivity index (χ0) is 30.1. The predicted molar refractivity (Wildman–Crippen MR) is 142 cm³/mol. The molecule has 0 radical (unpaired) electrons. The van der Waals surface area contributed by atoms with Crippen molar-refractivity contribution >= 4 is 33.1 Å². The zero-order valence-electron chi connectivity index (χ0n) is 23.2. The van der Waals surface area contributed by atoms with E-state index in [1.165, 1.54) is 19.4 Å². The number of anilines is 3. The lowest BCUT2D eigenvalue weighted by atomic mass is 9.87. The van der Waals surface area contributed by atoms with Crippen molar-refractivity contribution in [2.24, 2.45) is 0 Å². The molecule has 2 aromatic rings. The first kappa shape index (κ1) is 28.8. The number of hydrogen-bond donors (Lipinski definition) is 0. The first-order valence-corrected chi connectivity index (χ1v) is 14.7. The second kappa shape index (κ2) is 9.43. The third-order valence-corrected chi connectivity index (χ3v) is 10.8. The lowest BCUT2D eigenvalue weighted by Gasteiger charge is -2.49. The number of carbonyl (C=O) groups excluding carboxylic acids is 1. The normalized spacial score (nSPS) is 26.7. The summed E-state index contributed by atoms with van der Waals surface area (Å²) >= 11 is 0. The molecule has 11 nitrogen and oxygen atoms in total. The Morgan fingerprint density at radius 1 is 1.12 bits per heavy atom. The lowest BCUT2D eigenvalue weighted by molar-refractivity contribution is -0.274. The Bertz CT molecular complexity index is 1560. The Kier molecular flexibility index (Phi) is 6.64. The molecule has 15 heteroatoms.